The Morgan fingerprint density at radius 1 is 1.60 bits per heavy atom. The van der Waals surface area contributed by atoms with Crippen LogP contribution in [0.3, 0.4) is 0 Å². The van der Waals surface area contributed by atoms with E-state index in [-0.39, 0.29) is 11.9 Å². The first kappa shape index (κ1) is 14.3. The molecular formula is C13H18N4O3. The second-order valence-electron chi connectivity index (χ2n) is 4.33. The molecule has 0 unspecified atom stereocenters. The van der Waals surface area contributed by atoms with Crippen molar-refractivity contribution in [2.24, 2.45) is 0 Å². The van der Waals surface area contributed by atoms with Crippen LogP contribution in [0, 0.1) is 0 Å². The van der Waals surface area contributed by atoms with E-state index in [1.54, 1.807) is 13.2 Å². The maximum Gasteiger partial charge on any atom is 0.244 e. The first-order valence-corrected chi connectivity index (χ1v) is 6.49. The fourth-order valence-electron chi connectivity index (χ4n) is 1.64. The third-order valence-corrected chi connectivity index (χ3v) is 2.80. The van der Waals surface area contributed by atoms with E-state index in [9.17, 15) is 4.79 Å². The van der Waals surface area contributed by atoms with Crippen LogP contribution in [0.2, 0.25) is 0 Å². The first-order chi connectivity index (χ1) is 9.77. The fraction of sp³-hybridized carbons (Fsp3) is 0.462. The molecule has 0 bridgehead atoms. The average Bonchev–Trinajstić information content (AvgIpc) is 3.13. The Hall–Kier alpha value is -2.15. The normalized spacial score (nSPS) is 12.2. The highest BCUT2D eigenvalue weighted by Gasteiger charge is 2.14. The molecule has 2 rings (SSSR count). The number of nitrogens with one attached hydrogen (secondary N) is 1. The summed E-state index contributed by atoms with van der Waals surface area (Å²) in [7, 11) is 0. The van der Waals surface area contributed by atoms with Gasteiger partial charge in [0.2, 0.25) is 5.91 Å². The molecule has 0 spiro atoms. The zero-order valence-corrected chi connectivity index (χ0v) is 11.4. The number of furan rings is 1. The van der Waals surface area contributed by atoms with Crippen LogP contribution >= 0.6 is 0 Å². The van der Waals surface area contributed by atoms with Crippen LogP contribution in [0.25, 0.3) is 0 Å². The molecule has 2 aromatic heterocycles. The zero-order chi connectivity index (χ0) is 14.2. The van der Waals surface area contributed by atoms with Crippen molar-refractivity contribution in [2.45, 2.75) is 26.0 Å². The van der Waals surface area contributed by atoms with E-state index in [0.29, 0.717) is 19.8 Å². The van der Waals surface area contributed by atoms with Gasteiger partial charge < -0.3 is 14.5 Å². The van der Waals surface area contributed by atoms with Gasteiger partial charge in [0.05, 0.1) is 6.26 Å². The van der Waals surface area contributed by atoms with Gasteiger partial charge in [-0.1, -0.05) is 0 Å². The molecule has 1 amide bonds. The van der Waals surface area contributed by atoms with E-state index >= 15 is 0 Å². The number of nitrogens with zero attached hydrogens (tertiary/aromatic N) is 3. The molecule has 1 atom stereocenters. The molecule has 108 valence electrons. The minimum Gasteiger partial charge on any atom is -0.467 e. The number of rotatable bonds is 8. The Morgan fingerprint density at radius 2 is 2.50 bits per heavy atom. The maximum atomic E-state index is 11.8. The summed E-state index contributed by atoms with van der Waals surface area (Å²) in [6, 6.07) is 3.33. The summed E-state index contributed by atoms with van der Waals surface area (Å²) in [6.07, 6.45) is 5.30. The van der Waals surface area contributed by atoms with E-state index < -0.39 is 0 Å². The van der Waals surface area contributed by atoms with E-state index in [2.05, 4.69) is 15.4 Å². The number of carbonyl (C=O) groups is 1. The second-order valence-corrected chi connectivity index (χ2v) is 4.33. The zero-order valence-electron chi connectivity index (χ0n) is 11.4. The second kappa shape index (κ2) is 7.44. The number of aromatic nitrogens is 3. The quantitative estimate of drug-likeness (QED) is 0.733. The lowest BCUT2D eigenvalue weighted by Gasteiger charge is -2.11. The van der Waals surface area contributed by atoms with E-state index in [4.69, 9.17) is 9.15 Å². The van der Waals surface area contributed by atoms with Crippen molar-refractivity contribution in [2.75, 3.05) is 13.2 Å². The molecule has 2 heterocycles. The molecule has 0 aromatic carbocycles. The molecule has 0 saturated heterocycles. The maximum absolute atomic E-state index is 11.8. The topological polar surface area (TPSA) is 82.2 Å². The third-order valence-electron chi connectivity index (χ3n) is 2.80. The predicted molar refractivity (Wildman–Crippen MR) is 70.7 cm³/mol. The average molecular weight is 278 g/mol. The highest BCUT2D eigenvalue weighted by Crippen LogP contribution is 2.03. The highest BCUT2D eigenvalue weighted by molar-refractivity contribution is 5.79. The molecule has 7 heteroatoms. The fourth-order valence-corrected chi connectivity index (χ4v) is 1.64. The summed E-state index contributed by atoms with van der Waals surface area (Å²) in [5.74, 6) is 0.718. The third kappa shape index (κ3) is 4.20. The number of hydrogen-bond acceptors (Lipinski definition) is 5. The Labute approximate surface area is 116 Å². The number of ether oxygens (including phenoxy) is 1. The molecule has 0 aliphatic rings. The van der Waals surface area contributed by atoms with Gasteiger partial charge >= 0.3 is 0 Å². The molecule has 7 nitrogen and oxygen atoms in total. The summed E-state index contributed by atoms with van der Waals surface area (Å²) in [5.41, 5.74) is 0. The van der Waals surface area contributed by atoms with Gasteiger partial charge in [-0.3, -0.25) is 4.79 Å². The SMILES string of the molecule is C[C@@H](C(=O)NCCCOCc1ccco1)n1cncn1. The molecule has 20 heavy (non-hydrogen) atoms. The molecule has 2 aromatic rings. The molecule has 0 aliphatic heterocycles. The van der Waals surface area contributed by atoms with E-state index in [0.717, 1.165) is 12.2 Å². The van der Waals surface area contributed by atoms with Crippen LogP contribution in [0.1, 0.15) is 25.1 Å². The minimum atomic E-state index is -0.360. The van der Waals surface area contributed by atoms with Crippen LogP contribution in [0.5, 0.6) is 0 Å². The van der Waals surface area contributed by atoms with Gasteiger partial charge in [-0.25, -0.2) is 9.67 Å². The predicted octanol–water partition coefficient (Wildman–Crippen LogP) is 1.16. The van der Waals surface area contributed by atoms with Crippen LogP contribution in [0.4, 0.5) is 0 Å². The Kier molecular flexibility index (Phi) is 5.31. The van der Waals surface area contributed by atoms with E-state index in [1.165, 1.54) is 17.3 Å². The van der Waals surface area contributed by atoms with Crippen molar-refractivity contribution in [3.05, 3.63) is 36.8 Å². The van der Waals surface area contributed by atoms with Crippen molar-refractivity contribution in [1.82, 2.24) is 20.1 Å². The van der Waals surface area contributed by atoms with Crippen LogP contribution in [0.15, 0.2) is 35.5 Å². The van der Waals surface area contributed by atoms with Crippen molar-refractivity contribution in [1.29, 1.82) is 0 Å². The first-order valence-electron chi connectivity index (χ1n) is 6.49. The lowest BCUT2D eigenvalue weighted by atomic mass is 10.3. The summed E-state index contributed by atoms with van der Waals surface area (Å²) in [5, 5.41) is 6.77. The van der Waals surface area contributed by atoms with Crippen molar-refractivity contribution in [3.63, 3.8) is 0 Å². The van der Waals surface area contributed by atoms with Gasteiger partial charge in [0.15, 0.2) is 0 Å². The molecule has 0 fully saturated rings. The van der Waals surface area contributed by atoms with Crippen molar-refractivity contribution < 1.29 is 13.9 Å². The van der Waals surface area contributed by atoms with Gasteiger partial charge in [0.25, 0.3) is 0 Å². The smallest absolute Gasteiger partial charge is 0.244 e. The van der Waals surface area contributed by atoms with Gasteiger partial charge in [-0.05, 0) is 25.5 Å². The summed E-state index contributed by atoms with van der Waals surface area (Å²) in [6.45, 7) is 3.36. The van der Waals surface area contributed by atoms with Crippen LogP contribution in [-0.2, 0) is 16.1 Å². The van der Waals surface area contributed by atoms with E-state index in [1.807, 2.05) is 12.1 Å². The summed E-state index contributed by atoms with van der Waals surface area (Å²) < 4.78 is 12.1. The van der Waals surface area contributed by atoms with Gasteiger partial charge in [-0.15, -0.1) is 0 Å². The number of amides is 1. The monoisotopic (exact) mass is 278 g/mol. The number of carbonyl (C=O) groups excluding carboxylic acids is 1. The van der Waals surface area contributed by atoms with Crippen molar-refractivity contribution >= 4 is 5.91 Å². The number of hydrogen-bond donors (Lipinski definition) is 1. The lowest BCUT2D eigenvalue weighted by molar-refractivity contribution is -0.124. The highest BCUT2D eigenvalue weighted by atomic mass is 16.5. The van der Waals surface area contributed by atoms with Crippen molar-refractivity contribution in [3.8, 4) is 0 Å². The largest absolute Gasteiger partial charge is 0.467 e. The Balaban J connectivity index is 1.55. The summed E-state index contributed by atoms with van der Waals surface area (Å²) in [4.78, 5) is 15.6. The van der Waals surface area contributed by atoms with Crippen LogP contribution < -0.4 is 5.32 Å². The minimum absolute atomic E-state index is 0.0819. The molecule has 0 radical (unpaired) electrons. The lowest BCUT2D eigenvalue weighted by Crippen LogP contribution is -2.32. The molecule has 1 N–H and O–H groups in total. The molecule has 0 saturated carbocycles. The van der Waals surface area contributed by atoms with Gasteiger partial charge in [-0.2, -0.15) is 5.10 Å². The van der Waals surface area contributed by atoms with Crippen LogP contribution in [-0.4, -0.2) is 33.8 Å². The summed E-state index contributed by atoms with van der Waals surface area (Å²) >= 11 is 0. The van der Waals surface area contributed by atoms with Gasteiger partial charge in [0.1, 0.15) is 31.1 Å². The Bertz CT molecular complexity index is 496. The standard InChI is InChI=1S/C13H18N4O3/c1-11(17-10-14-9-16-17)13(18)15-5-3-6-19-8-12-4-2-7-20-12/h2,4,7,9-11H,3,5-6,8H2,1H3,(H,15,18)/t11-/m0/s1. The van der Waals surface area contributed by atoms with Gasteiger partial charge in [0, 0.05) is 13.2 Å². The molecule has 0 aliphatic carbocycles. The molecular weight excluding hydrogens is 260 g/mol. The Morgan fingerprint density at radius 3 is 3.20 bits per heavy atom.